The maximum Gasteiger partial charge on any atom is 0.328 e. The second kappa shape index (κ2) is 6.54. The first kappa shape index (κ1) is 15.3. The van der Waals surface area contributed by atoms with Gasteiger partial charge in [-0.15, -0.1) is 0 Å². The molecule has 1 aromatic carbocycles. The Morgan fingerprint density at radius 2 is 2.19 bits per heavy atom. The van der Waals surface area contributed by atoms with Crippen LogP contribution in [0.2, 0.25) is 0 Å². The van der Waals surface area contributed by atoms with Crippen molar-refractivity contribution >= 4 is 18.0 Å². The van der Waals surface area contributed by atoms with Gasteiger partial charge in [0.25, 0.3) is 5.91 Å². The first-order chi connectivity index (χ1) is 10.0. The molecular weight excluding hydrogens is 270 g/mol. The first-order valence-electron chi connectivity index (χ1n) is 6.85. The van der Waals surface area contributed by atoms with Crippen molar-refractivity contribution in [2.75, 3.05) is 20.2 Å². The van der Waals surface area contributed by atoms with Crippen LogP contribution < -0.4 is 0 Å². The minimum absolute atomic E-state index is 0.0421. The minimum Gasteiger partial charge on any atom is -0.478 e. The number of ether oxygens (including phenoxy) is 1. The van der Waals surface area contributed by atoms with Crippen LogP contribution >= 0.6 is 0 Å². The molecule has 0 radical (unpaired) electrons. The third kappa shape index (κ3) is 3.70. The van der Waals surface area contributed by atoms with Gasteiger partial charge >= 0.3 is 5.97 Å². The van der Waals surface area contributed by atoms with Gasteiger partial charge in [0, 0.05) is 31.8 Å². The van der Waals surface area contributed by atoms with E-state index >= 15 is 0 Å². The van der Waals surface area contributed by atoms with Crippen molar-refractivity contribution < 1.29 is 19.4 Å². The number of amides is 1. The number of hydrogen-bond acceptors (Lipinski definition) is 3. The number of carboxylic acid groups (broad SMARTS) is 1. The van der Waals surface area contributed by atoms with Crippen molar-refractivity contribution in [2.45, 2.75) is 19.4 Å². The van der Waals surface area contributed by atoms with Gasteiger partial charge in [0.1, 0.15) is 0 Å². The van der Waals surface area contributed by atoms with E-state index in [1.807, 2.05) is 13.0 Å². The zero-order valence-electron chi connectivity index (χ0n) is 12.2. The summed E-state index contributed by atoms with van der Waals surface area (Å²) in [7, 11) is 1.65. The Balaban J connectivity index is 2.18. The summed E-state index contributed by atoms with van der Waals surface area (Å²) >= 11 is 0. The summed E-state index contributed by atoms with van der Waals surface area (Å²) in [6, 6.07) is 5.34. The van der Waals surface area contributed by atoms with E-state index in [1.165, 1.54) is 6.08 Å². The highest BCUT2D eigenvalue weighted by atomic mass is 16.5. The van der Waals surface area contributed by atoms with Gasteiger partial charge in [0.05, 0.1) is 6.10 Å². The average Bonchev–Trinajstić information content (AvgIpc) is 2.94. The van der Waals surface area contributed by atoms with Gasteiger partial charge in [-0.25, -0.2) is 4.79 Å². The molecule has 1 aliphatic rings. The average molecular weight is 289 g/mol. The van der Waals surface area contributed by atoms with Crippen molar-refractivity contribution in [3.8, 4) is 0 Å². The molecule has 1 atom stereocenters. The topological polar surface area (TPSA) is 66.8 Å². The van der Waals surface area contributed by atoms with Crippen molar-refractivity contribution in [1.29, 1.82) is 0 Å². The normalized spacial score (nSPS) is 18.4. The van der Waals surface area contributed by atoms with Crippen LogP contribution in [0.15, 0.2) is 24.3 Å². The number of carbonyl (C=O) groups is 2. The number of hydrogen-bond donors (Lipinski definition) is 1. The van der Waals surface area contributed by atoms with Gasteiger partial charge in [-0.1, -0.05) is 6.07 Å². The van der Waals surface area contributed by atoms with Crippen LogP contribution in [0.5, 0.6) is 0 Å². The van der Waals surface area contributed by atoms with Gasteiger partial charge in [-0.3, -0.25) is 4.79 Å². The second-order valence-electron chi connectivity index (χ2n) is 5.14. The molecule has 1 saturated heterocycles. The van der Waals surface area contributed by atoms with E-state index in [0.29, 0.717) is 18.7 Å². The highest BCUT2D eigenvalue weighted by molar-refractivity contribution is 5.95. The van der Waals surface area contributed by atoms with Crippen LogP contribution in [0.4, 0.5) is 0 Å². The van der Waals surface area contributed by atoms with Gasteiger partial charge in [0.15, 0.2) is 0 Å². The number of carbonyl (C=O) groups excluding carboxylic acids is 1. The molecule has 5 heteroatoms. The summed E-state index contributed by atoms with van der Waals surface area (Å²) in [5.41, 5.74) is 2.24. The highest BCUT2D eigenvalue weighted by Gasteiger charge is 2.26. The zero-order valence-corrected chi connectivity index (χ0v) is 12.2. The van der Waals surface area contributed by atoms with E-state index in [2.05, 4.69) is 0 Å². The number of nitrogens with zero attached hydrogens (tertiary/aromatic N) is 1. The van der Waals surface area contributed by atoms with Crippen molar-refractivity contribution in [3.63, 3.8) is 0 Å². The molecular formula is C16H19NO4. The monoisotopic (exact) mass is 289 g/mol. The Hall–Kier alpha value is -2.14. The van der Waals surface area contributed by atoms with Gasteiger partial charge in [-0.2, -0.15) is 0 Å². The van der Waals surface area contributed by atoms with E-state index in [-0.39, 0.29) is 12.0 Å². The van der Waals surface area contributed by atoms with Crippen LogP contribution in [0.25, 0.3) is 6.08 Å². The number of rotatable bonds is 4. The molecule has 21 heavy (non-hydrogen) atoms. The lowest BCUT2D eigenvalue weighted by Crippen LogP contribution is -2.30. The summed E-state index contributed by atoms with van der Waals surface area (Å²) in [5, 5.41) is 8.70. The molecule has 1 heterocycles. The predicted molar refractivity (Wildman–Crippen MR) is 79.2 cm³/mol. The lowest BCUT2D eigenvalue weighted by atomic mass is 10.0. The molecule has 112 valence electrons. The zero-order chi connectivity index (χ0) is 15.4. The van der Waals surface area contributed by atoms with Gasteiger partial charge in [0.2, 0.25) is 0 Å². The Morgan fingerprint density at radius 1 is 1.43 bits per heavy atom. The molecule has 1 fully saturated rings. The molecule has 1 aliphatic heterocycles. The van der Waals surface area contributed by atoms with Crippen LogP contribution in [0.3, 0.4) is 0 Å². The smallest absolute Gasteiger partial charge is 0.328 e. The SMILES string of the molecule is COC1CCN(C(=O)c2ccc(C)c(/C=C/C(=O)O)c2)C1. The van der Waals surface area contributed by atoms with E-state index in [1.54, 1.807) is 24.1 Å². The number of aryl methyl sites for hydroxylation is 1. The summed E-state index contributed by atoms with van der Waals surface area (Å²) in [5.74, 6) is -1.05. The Bertz CT molecular complexity index is 580. The molecule has 0 aromatic heterocycles. The van der Waals surface area contributed by atoms with Crippen molar-refractivity contribution in [1.82, 2.24) is 4.90 Å². The van der Waals surface area contributed by atoms with Crippen LogP contribution in [-0.2, 0) is 9.53 Å². The van der Waals surface area contributed by atoms with Crippen molar-refractivity contribution in [3.05, 3.63) is 41.0 Å². The van der Waals surface area contributed by atoms with Crippen LogP contribution in [0.1, 0.15) is 27.9 Å². The lowest BCUT2D eigenvalue weighted by molar-refractivity contribution is -0.131. The molecule has 0 spiro atoms. The van der Waals surface area contributed by atoms with E-state index in [9.17, 15) is 9.59 Å². The van der Waals surface area contributed by atoms with Crippen LogP contribution in [0, 0.1) is 6.92 Å². The maximum absolute atomic E-state index is 12.4. The molecule has 1 N–H and O–H groups in total. The Morgan fingerprint density at radius 3 is 2.81 bits per heavy atom. The number of aliphatic carboxylic acids is 1. The van der Waals surface area contributed by atoms with Crippen molar-refractivity contribution in [2.24, 2.45) is 0 Å². The fraction of sp³-hybridized carbons (Fsp3) is 0.375. The molecule has 5 nitrogen and oxygen atoms in total. The van der Waals surface area contributed by atoms with E-state index in [4.69, 9.17) is 9.84 Å². The summed E-state index contributed by atoms with van der Waals surface area (Å²) in [6.07, 6.45) is 3.54. The maximum atomic E-state index is 12.4. The summed E-state index contributed by atoms with van der Waals surface area (Å²) in [4.78, 5) is 24.8. The summed E-state index contributed by atoms with van der Waals surface area (Å²) in [6.45, 7) is 3.17. The largest absolute Gasteiger partial charge is 0.478 e. The Labute approximate surface area is 123 Å². The fourth-order valence-corrected chi connectivity index (χ4v) is 2.40. The number of likely N-dealkylation sites (tertiary alicyclic amines) is 1. The number of carboxylic acids is 1. The second-order valence-corrected chi connectivity index (χ2v) is 5.14. The third-order valence-corrected chi connectivity index (χ3v) is 3.70. The predicted octanol–water partition coefficient (Wildman–Crippen LogP) is 1.95. The van der Waals surface area contributed by atoms with E-state index < -0.39 is 5.97 Å². The Kier molecular flexibility index (Phi) is 4.75. The van der Waals surface area contributed by atoms with E-state index in [0.717, 1.165) is 23.6 Å². The molecule has 0 saturated carbocycles. The molecule has 1 amide bonds. The lowest BCUT2D eigenvalue weighted by Gasteiger charge is -2.16. The van der Waals surface area contributed by atoms with Gasteiger partial charge in [-0.05, 0) is 42.7 Å². The molecule has 2 rings (SSSR count). The number of methoxy groups -OCH3 is 1. The van der Waals surface area contributed by atoms with Gasteiger partial charge < -0.3 is 14.7 Å². The number of benzene rings is 1. The third-order valence-electron chi connectivity index (χ3n) is 3.70. The highest BCUT2D eigenvalue weighted by Crippen LogP contribution is 2.18. The summed E-state index contributed by atoms with van der Waals surface area (Å²) < 4.78 is 5.26. The quantitative estimate of drug-likeness (QED) is 0.860. The molecule has 0 aliphatic carbocycles. The fourth-order valence-electron chi connectivity index (χ4n) is 2.40. The minimum atomic E-state index is -1.01. The molecule has 1 aromatic rings. The standard InChI is InChI=1S/C16H19NO4/c1-11-3-4-13(9-12(11)5-6-15(18)19)16(20)17-8-7-14(10-17)21-2/h3-6,9,14H,7-8,10H2,1-2H3,(H,18,19)/b6-5+. The first-order valence-corrected chi connectivity index (χ1v) is 6.85. The van der Waals surface area contributed by atoms with Crippen LogP contribution in [-0.4, -0.2) is 48.2 Å². The molecule has 0 bridgehead atoms. The molecule has 1 unspecified atom stereocenters.